The molecule has 1 atom stereocenters. The van der Waals surface area contributed by atoms with Crippen LogP contribution in [0.15, 0.2) is 48.5 Å². The van der Waals surface area contributed by atoms with E-state index < -0.39 is 35.1 Å². The largest absolute Gasteiger partial charge is 0.384 e. The van der Waals surface area contributed by atoms with Crippen LogP contribution in [0.2, 0.25) is 0 Å². The number of nitrogens with zero attached hydrogens (tertiary/aromatic N) is 5. The Kier molecular flexibility index (Phi) is 11.2. The van der Waals surface area contributed by atoms with Crippen molar-refractivity contribution in [1.29, 1.82) is 0 Å². The van der Waals surface area contributed by atoms with Gasteiger partial charge in [0, 0.05) is 104 Å². The van der Waals surface area contributed by atoms with Crippen molar-refractivity contribution in [3.8, 4) is 0 Å². The van der Waals surface area contributed by atoms with Crippen molar-refractivity contribution in [3.05, 3.63) is 99.0 Å². The third kappa shape index (κ3) is 7.45. The van der Waals surface area contributed by atoms with Crippen molar-refractivity contribution in [1.82, 2.24) is 25.0 Å². The smallest absolute Gasteiger partial charge is 0.264 e. The van der Waals surface area contributed by atoms with Gasteiger partial charge in [0.1, 0.15) is 6.04 Å². The third-order valence-electron chi connectivity index (χ3n) is 14.1. The molecule has 9 rings (SSSR count). The van der Waals surface area contributed by atoms with Gasteiger partial charge in [-0.05, 0) is 80.0 Å². The highest BCUT2D eigenvalue weighted by molar-refractivity contribution is 6.25. The van der Waals surface area contributed by atoms with Gasteiger partial charge in [-0.3, -0.25) is 43.9 Å². The van der Waals surface area contributed by atoms with Crippen molar-refractivity contribution in [3.63, 3.8) is 0 Å². The first-order valence-corrected chi connectivity index (χ1v) is 22.5. The van der Waals surface area contributed by atoms with Crippen LogP contribution in [0.1, 0.15) is 126 Å². The molecule has 1 aliphatic carbocycles. The number of rotatable bonds is 11. The van der Waals surface area contributed by atoms with Crippen molar-refractivity contribution < 1.29 is 28.8 Å². The van der Waals surface area contributed by atoms with Crippen molar-refractivity contribution in [2.24, 2.45) is 0 Å². The molecule has 0 radical (unpaired) electrons. The highest BCUT2D eigenvalue weighted by atomic mass is 16.2. The summed E-state index contributed by atoms with van der Waals surface area (Å²) in [6.45, 7) is 19.6. The molecule has 3 aromatic carbocycles. The van der Waals surface area contributed by atoms with E-state index in [-0.39, 0.29) is 35.7 Å². The van der Waals surface area contributed by atoms with Crippen LogP contribution < -0.4 is 15.5 Å². The first-order valence-electron chi connectivity index (χ1n) is 22.5. The maximum absolute atomic E-state index is 14.1. The van der Waals surface area contributed by atoms with E-state index in [0.29, 0.717) is 30.4 Å². The van der Waals surface area contributed by atoms with E-state index in [1.807, 2.05) is 17.0 Å². The molecule has 0 saturated carbocycles. The minimum absolute atomic E-state index is 0.0431. The van der Waals surface area contributed by atoms with E-state index in [1.54, 1.807) is 24.3 Å². The van der Waals surface area contributed by atoms with Gasteiger partial charge >= 0.3 is 0 Å². The average Bonchev–Trinajstić information content (AvgIpc) is 3.81. The lowest BCUT2D eigenvalue weighted by Gasteiger charge is -2.44. The topological polar surface area (TPSA) is 160 Å². The standard InChI is InChI=1S/C49H54N8O6/c1-5-29-26-34-35(49(2,3)45-43(44(34)60)32-14-13-30(50-4)27-37(32)52-45)28-39(29)55-20-17-31(18-21-55)54-22-24-56(25-23-54)41(59)12-7-6-8-19-51-36-11-9-10-33-42(36)48(63)57(47(33)62)38-15-16-40(58)53-46(38)61/h9-11,13-14,26-28,31,38,51-52H,5-8,12,15-25H2,1-3H3,(H,53,58,61). The first-order chi connectivity index (χ1) is 30.4. The highest BCUT2D eigenvalue weighted by Crippen LogP contribution is 2.46. The molecule has 5 aliphatic rings. The Hall–Kier alpha value is -6.33. The van der Waals surface area contributed by atoms with E-state index in [2.05, 4.69) is 63.2 Å². The number of aromatic nitrogens is 1. The molecule has 63 heavy (non-hydrogen) atoms. The van der Waals surface area contributed by atoms with Crippen molar-refractivity contribution in [2.45, 2.75) is 96.1 Å². The molecular weight excluding hydrogens is 797 g/mol. The molecule has 3 N–H and O–H groups in total. The number of amides is 5. The summed E-state index contributed by atoms with van der Waals surface area (Å²) < 4.78 is 0. The van der Waals surface area contributed by atoms with Crippen LogP contribution in [0, 0.1) is 6.57 Å². The van der Waals surface area contributed by atoms with Crippen LogP contribution in [-0.2, 0) is 26.2 Å². The summed E-state index contributed by atoms with van der Waals surface area (Å²) in [4.78, 5) is 93.1. The summed E-state index contributed by atoms with van der Waals surface area (Å²) in [6, 6.07) is 14.4. The average molecular weight is 851 g/mol. The number of imide groups is 2. The van der Waals surface area contributed by atoms with E-state index >= 15 is 0 Å². The predicted octanol–water partition coefficient (Wildman–Crippen LogP) is 6.34. The molecule has 14 nitrogen and oxygen atoms in total. The minimum atomic E-state index is -1.01. The number of carbonyl (C=O) groups is 6. The van der Waals surface area contributed by atoms with Gasteiger partial charge in [-0.25, -0.2) is 4.85 Å². The summed E-state index contributed by atoms with van der Waals surface area (Å²) in [7, 11) is 0. The molecule has 3 saturated heterocycles. The Morgan fingerprint density at radius 3 is 2.38 bits per heavy atom. The summed E-state index contributed by atoms with van der Waals surface area (Å²) in [6.07, 6.45) is 5.93. The Morgan fingerprint density at radius 2 is 1.65 bits per heavy atom. The lowest BCUT2D eigenvalue weighted by molar-refractivity contribution is -0.136. The summed E-state index contributed by atoms with van der Waals surface area (Å²) >= 11 is 0. The van der Waals surface area contributed by atoms with E-state index in [0.717, 1.165) is 116 Å². The summed E-state index contributed by atoms with van der Waals surface area (Å²) in [5, 5.41) is 6.39. The molecule has 3 fully saturated rings. The number of H-pyrrole nitrogens is 1. The second-order valence-electron chi connectivity index (χ2n) is 18.1. The Morgan fingerprint density at radius 1 is 0.873 bits per heavy atom. The monoisotopic (exact) mass is 850 g/mol. The lowest BCUT2D eigenvalue weighted by atomic mass is 9.70. The number of piperazine rings is 1. The first kappa shape index (κ1) is 42.0. The Balaban J connectivity index is 0.733. The number of unbranched alkanes of at least 4 members (excludes halogenated alkanes) is 2. The molecule has 5 amide bonds. The molecule has 4 aromatic rings. The zero-order valence-corrected chi connectivity index (χ0v) is 36.3. The number of anilines is 2. The maximum Gasteiger partial charge on any atom is 0.264 e. The fraction of sp³-hybridized carbons (Fsp3) is 0.449. The number of aryl methyl sites for hydroxylation is 1. The molecule has 326 valence electrons. The molecule has 1 aromatic heterocycles. The van der Waals surface area contributed by atoms with Crippen molar-refractivity contribution in [2.75, 3.05) is 56.0 Å². The maximum atomic E-state index is 14.1. The molecule has 1 unspecified atom stereocenters. The van der Waals surface area contributed by atoms with E-state index in [4.69, 9.17) is 6.57 Å². The van der Waals surface area contributed by atoms with E-state index in [1.165, 1.54) is 11.3 Å². The van der Waals surface area contributed by atoms with Crippen LogP contribution >= 0.6 is 0 Å². The molecule has 14 heteroatoms. The van der Waals surface area contributed by atoms with Crippen LogP contribution in [-0.4, -0.2) is 113 Å². The number of benzene rings is 3. The zero-order chi connectivity index (χ0) is 44.2. The fourth-order valence-corrected chi connectivity index (χ4v) is 10.6. The fourth-order valence-electron chi connectivity index (χ4n) is 10.6. The Labute approximate surface area is 367 Å². The van der Waals surface area contributed by atoms with Gasteiger partial charge in [-0.15, -0.1) is 0 Å². The van der Waals surface area contributed by atoms with Crippen LogP contribution in [0.4, 0.5) is 17.1 Å². The van der Waals surface area contributed by atoms with Gasteiger partial charge in [0.15, 0.2) is 11.5 Å². The zero-order valence-electron chi connectivity index (χ0n) is 36.3. The molecular formula is C49H54N8O6. The number of fused-ring (bicyclic) bond motifs is 5. The summed E-state index contributed by atoms with van der Waals surface area (Å²) in [5.74, 6) is -1.88. The molecule has 0 bridgehead atoms. The number of ketones is 1. The van der Waals surface area contributed by atoms with Gasteiger partial charge in [0.25, 0.3) is 11.8 Å². The number of hydrogen-bond donors (Lipinski definition) is 3. The second kappa shape index (κ2) is 16.7. The third-order valence-corrected chi connectivity index (χ3v) is 14.1. The van der Waals surface area contributed by atoms with Gasteiger partial charge in [0.05, 0.1) is 23.3 Å². The number of hydrogen-bond acceptors (Lipinski definition) is 9. The summed E-state index contributed by atoms with van der Waals surface area (Å²) in [5.41, 5.74) is 7.82. The minimum Gasteiger partial charge on any atom is -0.384 e. The number of piperidine rings is 2. The van der Waals surface area contributed by atoms with Crippen LogP contribution in [0.3, 0.4) is 0 Å². The van der Waals surface area contributed by atoms with Gasteiger partial charge in [-0.1, -0.05) is 45.4 Å². The van der Waals surface area contributed by atoms with Gasteiger partial charge in [-0.2, -0.15) is 0 Å². The number of nitrogens with one attached hydrogen (secondary N) is 3. The van der Waals surface area contributed by atoms with E-state index in [9.17, 15) is 28.8 Å². The quantitative estimate of drug-likeness (QED) is 0.0890. The van der Waals surface area contributed by atoms with Gasteiger partial charge in [0.2, 0.25) is 17.7 Å². The van der Waals surface area contributed by atoms with Crippen LogP contribution in [0.25, 0.3) is 15.7 Å². The molecule has 4 aliphatic heterocycles. The number of aromatic amines is 1. The molecule has 5 heterocycles. The van der Waals surface area contributed by atoms with Crippen LogP contribution in [0.5, 0.6) is 0 Å². The van der Waals surface area contributed by atoms with Crippen molar-refractivity contribution >= 4 is 63.3 Å². The normalized spacial score (nSPS) is 20.1. The lowest BCUT2D eigenvalue weighted by Crippen LogP contribution is -2.54. The SMILES string of the molecule is [C-]#[N+]c1ccc2c3c([nH]c2c1)C(C)(C)c1cc(N2CCC(N4CCN(C(=O)CCCCCNc5cccc6c5C(=O)N(C5CCC(=O)NC5=O)C6=O)CC4)CC2)c(CC)cc1C3=O. The number of carbonyl (C=O) groups excluding carboxylic acids is 6. The van der Waals surface area contributed by atoms with Gasteiger partial charge < -0.3 is 20.1 Å². The Bertz CT molecular complexity index is 2610. The highest BCUT2D eigenvalue weighted by Gasteiger charge is 2.46. The second-order valence-corrected chi connectivity index (χ2v) is 18.1. The predicted molar refractivity (Wildman–Crippen MR) is 239 cm³/mol. The molecule has 0 spiro atoms.